The van der Waals surface area contributed by atoms with Crippen molar-refractivity contribution in [2.24, 2.45) is 34.5 Å². The van der Waals surface area contributed by atoms with E-state index in [1.807, 2.05) is 0 Å². The third-order valence-electron chi connectivity index (χ3n) is 8.66. The van der Waals surface area contributed by atoms with Gasteiger partial charge in [-0.15, -0.1) is 0 Å². The number of rotatable bonds is 1. The molecule has 0 saturated heterocycles. The lowest BCUT2D eigenvalue weighted by molar-refractivity contribution is -0.160. The van der Waals surface area contributed by atoms with Gasteiger partial charge < -0.3 is 4.74 Å². The topological polar surface area (TPSA) is 43.4 Å². The third-order valence-corrected chi connectivity index (χ3v) is 8.66. The largest absolute Gasteiger partial charge is 0.463 e. The Morgan fingerprint density at radius 2 is 1.83 bits per heavy atom. The molecule has 3 heteroatoms. The van der Waals surface area contributed by atoms with E-state index in [1.54, 1.807) is 0 Å². The van der Waals surface area contributed by atoms with Crippen LogP contribution in [0, 0.1) is 34.5 Å². The molecule has 4 aliphatic rings. The van der Waals surface area contributed by atoms with E-state index in [4.69, 9.17) is 4.74 Å². The molecule has 0 spiro atoms. The van der Waals surface area contributed by atoms with Gasteiger partial charge in [-0.1, -0.05) is 13.8 Å². The third kappa shape index (κ3) is 2.29. The van der Waals surface area contributed by atoms with Gasteiger partial charge in [0.1, 0.15) is 11.9 Å². The van der Waals surface area contributed by atoms with Gasteiger partial charge in [-0.3, -0.25) is 9.59 Å². The molecule has 4 saturated carbocycles. The molecule has 0 aliphatic heterocycles. The minimum Gasteiger partial charge on any atom is -0.463 e. The first-order valence-corrected chi connectivity index (χ1v) is 10.0. The van der Waals surface area contributed by atoms with E-state index in [0.29, 0.717) is 23.0 Å². The number of ether oxygens (including phenoxy) is 1. The van der Waals surface area contributed by atoms with Crippen LogP contribution in [0.2, 0.25) is 0 Å². The van der Waals surface area contributed by atoms with Gasteiger partial charge >= 0.3 is 5.97 Å². The van der Waals surface area contributed by atoms with E-state index in [9.17, 15) is 9.59 Å². The number of hydrogen-bond donors (Lipinski definition) is 0. The van der Waals surface area contributed by atoms with Crippen LogP contribution in [-0.2, 0) is 14.3 Å². The fourth-order valence-electron chi connectivity index (χ4n) is 7.33. The van der Waals surface area contributed by atoms with Crippen LogP contribution in [-0.4, -0.2) is 17.9 Å². The molecule has 0 heterocycles. The Morgan fingerprint density at radius 3 is 2.58 bits per heavy atom. The highest BCUT2D eigenvalue weighted by Gasteiger charge is 2.60. The summed E-state index contributed by atoms with van der Waals surface area (Å²) >= 11 is 0. The fraction of sp³-hybridized carbons (Fsp3) is 0.905. The molecule has 4 aliphatic carbocycles. The van der Waals surface area contributed by atoms with Crippen LogP contribution in [0.4, 0.5) is 0 Å². The van der Waals surface area contributed by atoms with Gasteiger partial charge in [-0.05, 0) is 80.5 Å². The van der Waals surface area contributed by atoms with Crippen molar-refractivity contribution in [3.63, 3.8) is 0 Å². The lowest BCUT2D eigenvalue weighted by Gasteiger charge is -2.60. The highest BCUT2D eigenvalue weighted by atomic mass is 16.5. The summed E-state index contributed by atoms with van der Waals surface area (Å²) in [5.74, 6) is 3.26. The zero-order valence-corrected chi connectivity index (χ0v) is 15.5. The van der Waals surface area contributed by atoms with Crippen molar-refractivity contribution >= 4 is 11.8 Å². The van der Waals surface area contributed by atoms with E-state index in [2.05, 4.69) is 13.8 Å². The summed E-state index contributed by atoms with van der Waals surface area (Å²) in [4.78, 5) is 23.8. The molecule has 7 atom stereocenters. The van der Waals surface area contributed by atoms with E-state index in [0.717, 1.165) is 43.9 Å². The number of Topliss-reactive ketones (excluding diaryl/α,β-unsaturated/α-hetero) is 1. The molecule has 0 radical (unpaired) electrons. The lowest BCUT2D eigenvalue weighted by atomic mass is 9.45. The number of carbonyl (C=O) groups is 2. The van der Waals surface area contributed by atoms with Gasteiger partial charge in [-0.2, -0.15) is 0 Å². The SMILES string of the molecule is CC(=O)OC1CC[C@@]2(C)C(CCC3C2CC[C@]2(C)C(=O)CCC32)C1. The Labute approximate surface area is 145 Å². The molecule has 0 bridgehead atoms. The number of hydrogen-bond acceptors (Lipinski definition) is 3. The van der Waals surface area contributed by atoms with Crippen molar-refractivity contribution in [3.8, 4) is 0 Å². The Bertz CT molecular complexity index is 555. The van der Waals surface area contributed by atoms with E-state index in [1.165, 1.54) is 32.6 Å². The summed E-state index contributed by atoms with van der Waals surface area (Å²) in [6.07, 6.45) is 10.2. The molecule has 5 unspecified atom stereocenters. The first-order valence-electron chi connectivity index (χ1n) is 10.0. The second-order valence-corrected chi connectivity index (χ2v) is 9.58. The van der Waals surface area contributed by atoms with Gasteiger partial charge in [0.15, 0.2) is 0 Å². The molecule has 3 nitrogen and oxygen atoms in total. The van der Waals surface area contributed by atoms with Gasteiger partial charge in [0.25, 0.3) is 0 Å². The van der Waals surface area contributed by atoms with E-state index < -0.39 is 0 Å². The predicted octanol–water partition coefficient (Wildman–Crippen LogP) is 4.53. The maximum absolute atomic E-state index is 12.5. The highest BCUT2D eigenvalue weighted by molar-refractivity contribution is 5.87. The molecule has 134 valence electrons. The normalized spacial score (nSPS) is 50.6. The average Bonchev–Trinajstić information content (AvgIpc) is 2.83. The summed E-state index contributed by atoms with van der Waals surface area (Å²) < 4.78 is 5.54. The van der Waals surface area contributed by atoms with Crippen molar-refractivity contribution in [1.82, 2.24) is 0 Å². The zero-order valence-electron chi connectivity index (χ0n) is 15.5. The average molecular weight is 332 g/mol. The van der Waals surface area contributed by atoms with Crippen LogP contribution < -0.4 is 0 Å². The Balaban J connectivity index is 1.54. The monoisotopic (exact) mass is 332 g/mol. The Hall–Kier alpha value is -0.860. The predicted molar refractivity (Wildman–Crippen MR) is 92.3 cm³/mol. The van der Waals surface area contributed by atoms with Crippen LogP contribution in [0.25, 0.3) is 0 Å². The molecule has 0 aromatic heterocycles. The fourth-order valence-corrected chi connectivity index (χ4v) is 7.33. The number of carbonyl (C=O) groups excluding carboxylic acids is 2. The smallest absolute Gasteiger partial charge is 0.302 e. The van der Waals surface area contributed by atoms with Crippen molar-refractivity contribution < 1.29 is 14.3 Å². The number of esters is 1. The van der Waals surface area contributed by atoms with Crippen LogP contribution >= 0.6 is 0 Å². The van der Waals surface area contributed by atoms with Crippen molar-refractivity contribution in [1.29, 1.82) is 0 Å². The maximum Gasteiger partial charge on any atom is 0.302 e. The first kappa shape index (κ1) is 16.6. The second kappa shape index (κ2) is 5.57. The van der Waals surface area contributed by atoms with Gasteiger partial charge in [-0.25, -0.2) is 0 Å². The van der Waals surface area contributed by atoms with Crippen molar-refractivity contribution in [3.05, 3.63) is 0 Å². The Morgan fingerprint density at radius 1 is 1.04 bits per heavy atom. The first-order chi connectivity index (χ1) is 11.3. The second-order valence-electron chi connectivity index (χ2n) is 9.58. The lowest BCUT2D eigenvalue weighted by Crippen LogP contribution is -2.54. The minimum atomic E-state index is -0.129. The molecule has 0 aromatic carbocycles. The molecule has 0 amide bonds. The van der Waals surface area contributed by atoms with E-state index >= 15 is 0 Å². The van der Waals surface area contributed by atoms with Gasteiger partial charge in [0.05, 0.1) is 0 Å². The van der Waals surface area contributed by atoms with Crippen LogP contribution in [0.1, 0.15) is 78.6 Å². The van der Waals surface area contributed by atoms with E-state index in [-0.39, 0.29) is 17.5 Å². The molecular weight excluding hydrogens is 300 g/mol. The molecule has 4 fully saturated rings. The number of ketones is 1. The maximum atomic E-state index is 12.5. The summed E-state index contributed by atoms with van der Waals surface area (Å²) in [7, 11) is 0. The summed E-state index contributed by atoms with van der Waals surface area (Å²) in [6, 6.07) is 0. The Kier molecular flexibility index (Phi) is 3.85. The number of fused-ring (bicyclic) bond motifs is 5. The standard InChI is InChI=1S/C21H32O3/c1-13(22)24-15-8-10-20(2)14(12-15)4-5-16-17-6-7-19(23)21(17,3)11-9-18(16)20/h14-18H,4-12H2,1-3H3/t14?,15?,16?,17?,18?,20-,21-/m0/s1. The van der Waals surface area contributed by atoms with Crippen molar-refractivity contribution in [2.75, 3.05) is 0 Å². The zero-order chi connectivity index (χ0) is 17.1. The molecular formula is C21H32O3. The van der Waals surface area contributed by atoms with Crippen LogP contribution in [0.3, 0.4) is 0 Å². The quantitative estimate of drug-likeness (QED) is 0.663. The summed E-state index contributed by atoms with van der Waals surface area (Å²) in [5.41, 5.74) is 0.381. The van der Waals surface area contributed by atoms with Gasteiger partial charge in [0, 0.05) is 18.8 Å². The minimum absolute atomic E-state index is 0.0146. The summed E-state index contributed by atoms with van der Waals surface area (Å²) in [5, 5.41) is 0. The van der Waals surface area contributed by atoms with Crippen LogP contribution in [0.5, 0.6) is 0 Å². The molecule has 24 heavy (non-hydrogen) atoms. The summed E-state index contributed by atoms with van der Waals surface area (Å²) in [6.45, 7) is 6.30. The van der Waals surface area contributed by atoms with Crippen molar-refractivity contribution in [2.45, 2.75) is 84.7 Å². The van der Waals surface area contributed by atoms with Gasteiger partial charge in [0.2, 0.25) is 0 Å². The molecule has 4 rings (SSSR count). The van der Waals surface area contributed by atoms with Crippen LogP contribution in [0.15, 0.2) is 0 Å². The molecule has 0 N–H and O–H groups in total. The molecule has 0 aromatic rings. The highest BCUT2D eigenvalue weighted by Crippen LogP contribution is 2.65.